The van der Waals surface area contributed by atoms with Crippen LogP contribution in [0.5, 0.6) is 5.88 Å². The van der Waals surface area contributed by atoms with Crippen molar-refractivity contribution in [2.45, 2.75) is 58.6 Å². The van der Waals surface area contributed by atoms with Crippen molar-refractivity contribution in [2.24, 2.45) is 11.8 Å². The van der Waals surface area contributed by atoms with E-state index >= 15 is 0 Å². The molecule has 1 aromatic carbocycles. The summed E-state index contributed by atoms with van der Waals surface area (Å²) < 4.78 is 19.3. The Hall–Kier alpha value is -2.37. The third-order valence-corrected chi connectivity index (χ3v) is 6.28. The first kappa shape index (κ1) is 25.3. The van der Waals surface area contributed by atoms with Gasteiger partial charge in [-0.3, -0.25) is 0 Å². The molecule has 0 bridgehead atoms. The lowest BCUT2D eigenvalue weighted by Crippen LogP contribution is -2.28. The van der Waals surface area contributed by atoms with Crippen molar-refractivity contribution in [3.05, 3.63) is 34.8 Å². The van der Waals surface area contributed by atoms with E-state index < -0.39 is 5.60 Å². The van der Waals surface area contributed by atoms with Gasteiger partial charge in [0.25, 0.3) is 0 Å². The van der Waals surface area contributed by atoms with Gasteiger partial charge in [0.15, 0.2) is 6.61 Å². The van der Waals surface area contributed by atoms with Crippen molar-refractivity contribution in [2.75, 3.05) is 19.8 Å². The summed E-state index contributed by atoms with van der Waals surface area (Å²) in [6.45, 7) is 6.84. The van der Waals surface area contributed by atoms with Gasteiger partial charge in [0, 0.05) is 12.1 Å². The molecule has 0 spiro atoms. The SMILES string of the molecule is CC(C)(C)OC(=O)COCC1CCC(Cn2nc(-c3ccccc3)c(Br)c2OCC#N)CC1. The van der Waals surface area contributed by atoms with Gasteiger partial charge in [-0.25, -0.2) is 9.48 Å². The molecule has 33 heavy (non-hydrogen) atoms. The summed E-state index contributed by atoms with van der Waals surface area (Å²) >= 11 is 3.63. The molecule has 2 aromatic rings. The van der Waals surface area contributed by atoms with Gasteiger partial charge in [0.1, 0.15) is 28.4 Å². The number of esters is 1. The fourth-order valence-corrected chi connectivity index (χ4v) is 4.70. The number of carbonyl (C=O) groups is 1. The summed E-state index contributed by atoms with van der Waals surface area (Å²) in [4.78, 5) is 11.8. The third kappa shape index (κ3) is 7.58. The van der Waals surface area contributed by atoms with Crippen molar-refractivity contribution in [3.8, 4) is 23.2 Å². The summed E-state index contributed by atoms with van der Waals surface area (Å²) in [6.07, 6.45) is 4.19. The van der Waals surface area contributed by atoms with E-state index in [2.05, 4.69) is 15.9 Å². The minimum atomic E-state index is -0.490. The number of hydrogen-bond donors (Lipinski definition) is 0. The Morgan fingerprint density at radius 3 is 2.48 bits per heavy atom. The zero-order chi connectivity index (χ0) is 23.8. The van der Waals surface area contributed by atoms with Crippen LogP contribution in [0.2, 0.25) is 0 Å². The van der Waals surface area contributed by atoms with E-state index in [1.807, 2.05) is 61.9 Å². The number of ether oxygens (including phenoxy) is 3. The molecular weight excluding hydrogens is 486 g/mol. The quantitative estimate of drug-likeness (QED) is 0.415. The lowest BCUT2D eigenvalue weighted by molar-refractivity contribution is -0.160. The zero-order valence-corrected chi connectivity index (χ0v) is 21.1. The molecule has 1 aromatic heterocycles. The Kier molecular flexibility index (Phi) is 8.93. The molecule has 0 aliphatic heterocycles. The van der Waals surface area contributed by atoms with E-state index in [9.17, 15) is 4.79 Å². The maximum absolute atomic E-state index is 11.8. The van der Waals surface area contributed by atoms with Gasteiger partial charge in [-0.2, -0.15) is 10.4 Å². The average Bonchev–Trinajstić information content (AvgIpc) is 3.08. The second-order valence-electron chi connectivity index (χ2n) is 9.45. The molecule has 1 aliphatic carbocycles. The lowest BCUT2D eigenvalue weighted by Gasteiger charge is -2.28. The molecule has 0 saturated heterocycles. The maximum Gasteiger partial charge on any atom is 0.332 e. The fourth-order valence-electron chi connectivity index (χ4n) is 4.07. The largest absolute Gasteiger partial charge is 0.462 e. The second-order valence-corrected chi connectivity index (χ2v) is 10.2. The number of aromatic nitrogens is 2. The first-order valence-corrected chi connectivity index (χ1v) is 12.2. The number of nitrogens with zero attached hydrogens (tertiary/aromatic N) is 3. The highest BCUT2D eigenvalue weighted by atomic mass is 79.9. The molecule has 0 radical (unpaired) electrons. The smallest absolute Gasteiger partial charge is 0.332 e. The predicted octanol–water partition coefficient (Wildman–Crippen LogP) is 5.38. The Balaban J connectivity index is 1.54. The Morgan fingerprint density at radius 2 is 1.85 bits per heavy atom. The van der Waals surface area contributed by atoms with E-state index in [1.165, 1.54) is 0 Å². The minimum absolute atomic E-state index is 0.000364. The van der Waals surface area contributed by atoms with E-state index in [1.54, 1.807) is 0 Å². The van der Waals surface area contributed by atoms with Crippen LogP contribution in [-0.4, -0.2) is 41.2 Å². The summed E-state index contributed by atoms with van der Waals surface area (Å²) in [5, 5.41) is 13.8. The number of hydrogen-bond acceptors (Lipinski definition) is 6. The van der Waals surface area contributed by atoms with Gasteiger partial charge in [-0.15, -0.1) is 0 Å². The molecule has 0 atom stereocenters. The molecule has 178 valence electrons. The highest BCUT2D eigenvalue weighted by Gasteiger charge is 2.26. The Morgan fingerprint density at radius 1 is 1.18 bits per heavy atom. The highest BCUT2D eigenvalue weighted by Crippen LogP contribution is 2.37. The standard InChI is InChI=1S/C25H32BrN3O4/c1-25(2,3)33-21(30)17-31-16-19-11-9-18(10-12-19)15-29-24(32-14-13-27)22(26)23(28-29)20-7-5-4-6-8-20/h4-8,18-19H,9-12,14-17H2,1-3H3. The number of nitriles is 1. The molecule has 1 heterocycles. The Bertz CT molecular complexity index is 955. The van der Waals surface area contributed by atoms with E-state index in [0.717, 1.165) is 48.0 Å². The van der Waals surface area contributed by atoms with Crippen LogP contribution in [0.15, 0.2) is 34.8 Å². The highest BCUT2D eigenvalue weighted by molar-refractivity contribution is 9.10. The van der Waals surface area contributed by atoms with Crippen LogP contribution in [0.4, 0.5) is 0 Å². The second kappa shape index (κ2) is 11.7. The summed E-state index contributed by atoms with van der Waals surface area (Å²) in [7, 11) is 0. The van der Waals surface area contributed by atoms with Crippen molar-refractivity contribution >= 4 is 21.9 Å². The molecule has 8 heteroatoms. The van der Waals surface area contributed by atoms with Gasteiger partial charge >= 0.3 is 5.97 Å². The monoisotopic (exact) mass is 517 g/mol. The van der Waals surface area contributed by atoms with Crippen LogP contribution in [0.1, 0.15) is 46.5 Å². The van der Waals surface area contributed by atoms with Crippen molar-refractivity contribution in [1.82, 2.24) is 9.78 Å². The molecule has 1 fully saturated rings. The van der Waals surface area contributed by atoms with Crippen LogP contribution in [0, 0.1) is 23.2 Å². The molecule has 3 rings (SSSR count). The molecule has 0 unspecified atom stereocenters. The van der Waals surface area contributed by atoms with E-state index in [0.29, 0.717) is 24.3 Å². The number of benzene rings is 1. The van der Waals surface area contributed by atoms with Gasteiger partial charge in [-0.1, -0.05) is 30.3 Å². The molecule has 7 nitrogen and oxygen atoms in total. The minimum Gasteiger partial charge on any atom is -0.462 e. The maximum atomic E-state index is 11.8. The molecular formula is C25H32BrN3O4. The summed E-state index contributed by atoms with van der Waals surface area (Å²) in [5.41, 5.74) is 1.32. The van der Waals surface area contributed by atoms with Gasteiger partial charge < -0.3 is 14.2 Å². The first-order chi connectivity index (χ1) is 15.8. The van der Waals surface area contributed by atoms with E-state index in [-0.39, 0.29) is 19.2 Å². The number of carbonyl (C=O) groups excluding carboxylic acids is 1. The summed E-state index contributed by atoms with van der Waals surface area (Å²) in [6, 6.07) is 12.0. The lowest BCUT2D eigenvalue weighted by atomic mass is 9.82. The van der Waals surface area contributed by atoms with Crippen LogP contribution < -0.4 is 4.74 Å². The van der Waals surface area contributed by atoms with Crippen LogP contribution >= 0.6 is 15.9 Å². The molecule has 0 N–H and O–H groups in total. The zero-order valence-electron chi connectivity index (χ0n) is 19.6. The van der Waals surface area contributed by atoms with Crippen molar-refractivity contribution < 1.29 is 19.0 Å². The Labute approximate surface area is 204 Å². The molecule has 1 saturated carbocycles. The van der Waals surface area contributed by atoms with E-state index in [4.69, 9.17) is 24.6 Å². The number of rotatable bonds is 9. The normalized spacial score (nSPS) is 18.5. The average molecular weight is 518 g/mol. The molecule has 0 amide bonds. The fraction of sp³-hybridized carbons (Fsp3) is 0.560. The van der Waals surface area contributed by atoms with Crippen molar-refractivity contribution in [3.63, 3.8) is 0 Å². The van der Waals surface area contributed by atoms with Crippen LogP contribution in [0.3, 0.4) is 0 Å². The van der Waals surface area contributed by atoms with Gasteiger partial charge in [-0.05, 0) is 74.2 Å². The van der Waals surface area contributed by atoms with Crippen LogP contribution in [-0.2, 0) is 20.8 Å². The topological polar surface area (TPSA) is 86.4 Å². The summed E-state index contributed by atoms with van der Waals surface area (Å²) in [5.74, 6) is 1.19. The third-order valence-electron chi connectivity index (χ3n) is 5.56. The van der Waals surface area contributed by atoms with Gasteiger partial charge in [0.2, 0.25) is 5.88 Å². The van der Waals surface area contributed by atoms with Crippen molar-refractivity contribution in [1.29, 1.82) is 5.26 Å². The predicted molar refractivity (Wildman–Crippen MR) is 129 cm³/mol. The van der Waals surface area contributed by atoms with Crippen LogP contribution in [0.25, 0.3) is 11.3 Å². The number of halogens is 1. The first-order valence-electron chi connectivity index (χ1n) is 11.4. The molecule has 1 aliphatic rings. The van der Waals surface area contributed by atoms with Gasteiger partial charge in [0.05, 0.1) is 6.61 Å².